The molecular weight excluding hydrogens is 322 g/mol. The average Bonchev–Trinajstić information content (AvgIpc) is 2.95. The number of hydrogen-bond donors (Lipinski definition) is 1. The van der Waals surface area contributed by atoms with E-state index in [-0.39, 0.29) is 11.9 Å². The summed E-state index contributed by atoms with van der Waals surface area (Å²) in [5.41, 5.74) is 1.80. The van der Waals surface area contributed by atoms with Crippen LogP contribution < -0.4 is 5.32 Å². The third-order valence-electron chi connectivity index (χ3n) is 4.57. The van der Waals surface area contributed by atoms with E-state index >= 15 is 0 Å². The molecule has 2 heterocycles. The SMILES string of the molecule is Cc1cc(C(=O)O[C@@H](C)C(=O)NC2CCCCC2)c2c(C)noc2n1. The molecule has 2 aromatic heterocycles. The maximum absolute atomic E-state index is 12.6. The molecule has 1 atom stereocenters. The second-order valence-corrected chi connectivity index (χ2v) is 6.65. The van der Waals surface area contributed by atoms with Crippen LogP contribution in [0.25, 0.3) is 11.1 Å². The van der Waals surface area contributed by atoms with Gasteiger partial charge in [-0.05, 0) is 39.7 Å². The smallest absolute Gasteiger partial charge is 0.339 e. The number of amides is 1. The third-order valence-corrected chi connectivity index (χ3v) is 4.57. The van der Waals surface area contributed by atoms with Crippen molar-refractivity contribution < 1.29 is 18.8 Å². The van der Waals surface area contributed by atoms with E-state index in [0.717, 1.165) is 25.7 Å². The Morgan fingerprint density at radius 2 is 2.00 bits per heavy atom. The Labute approximate surface area is 146 Å². The van der Waals surface area contributed by atoms with Crippen LogP contribution in [0.3, 0.4) is 0 Å². The molecule has 0 aromatic carbocycles. The van der Waals surface area contributed by atoms with Crippen molar-refractivity contribution >= 4 is 23.0 Å². The molecule has 1 N–H and O–H groups in total. The average molecular weight is 345 g/mol. The quantitative estimate of drug-likeness (QED) is 0.856. The summed E-state index contributed by atoms with van der Waals surface area (Å²) in [5.74, 6) is -0.836. The van der Waals surface area contributed by atoms with Crippen LogP contribution >= 0.6 is 0 Å². The summed E-state index contributed by atoms with van der Waals surface area (Å²) in [5, 5.41) is 7.34. The number of aromatic nitrogens is 2. The molecule has 2 aromatic rings. The van der Waals surface area contributed by atoms with Gasteiger partial charge in [-0.1, -0.05) is 24.4 Å². The lowest BCUT2D eigenvalue weighted by atomic mass is 9.95. The highest BCUT2D eigenvalue weighted by atomic mass is 16.5. The highest BCUT2D eigenvalue weighted by Gasteiger charge is 2.25. The second-order valence-electron chi connectivity index (χ2n) is 6.65. The Hall–Kier alpha value is -2.44. The van der Waals surface area contributed by atoms with Crippen LogP contribution in [0, 0.1) is 13.8 Å². The summed E-state index contributed by atoms with van der Waals surface area (Å²) in [6, 6.07) is 1.80. The van der Waals surface area contributed by atoms with Gasteiger partial charge in [0, 0.05) is 11.7 Å². The fourth-order valence-electron chi connectivity index (χ4n) is 3.22. The molecule has 25 heavy (non-hydrogen) atoms. The van der Waals surface area contributed by atoms with E-state index in [1.54, 1.807) is 26.8 Å². The number of rotatable bonds is 4. The lowest BCUT2D eigenvalue weighted by Crippen LogP contribution is -2.42. The summed E-state index contributed by atoms with van der Waals surface area (Å²) >= 11 is 0. The van der Waals surface area contributed by atoms with Crippen LogP contribution in [0.5, 0.6) is 0 Å². The van der Waals surface area contributed by atoms with Crippen molar-refractivity contribution in [1.82, 2.24) is 15.5 Å². The van der Waals surface area contributed by atoms with Gasteiger partial charge in [-0.2, -0.15) is 0 Å². The van der Waals surface area contributed by atoms with E-state index in [9.17, 15) is 9.59 Å². The Kier molecular flexibility index (Phi) is 5.01. The van der Waals surface area contributed by atoms with Gasteiger partial charge in [-0.3, -0.25) is 4.79 Å². The molecule has 0 radical (unpaired) electrons. The van der Waals surface area contributed by atoms with E-state index < -0.39 is 12.1 Å². The van der Waals surface area contributed by atoms with Gasteiger partial charge in [0.25, 0.3) is 11.6 Å². The topological polar surface area (TPSA) is 94.3 Å². The summed E-state index contributed by atoms with van der Waals surface area (Å²) in [6.07, 6.45) is 4.57. The van der Waals surface area contributed by atoms with Crippen LogP contribution in [-0.4, -0.2) is 34.2 Å². The molecular formula is C18H23N3O4. The van der Waals surface area contributed by atoms with Crippen molar-refractivity contribution in [3.63, 3.8) is 0 Å². The van der Waals surface area contributed by atoms with Crippen LogP contribution in [0.4, 0.5) is 0 Å². The minimum atomic E-state index is -0.863. The Morgan fingerprint density at radius 3 is 2.72 bits per heavy atom. The molecule has 0 aliphatic heterocycles. The highest BCUT2D eigenvalue weighted by molar-refractivity contribution is 6.04. The fourth-order valence-corrected chi connectivity index (χ4v) is 3.22. The molecule has 0 spiro atoms. The number of carbonyl (C=O) groups excluding carboxylic acids is 2. The Balaban J connectivity index is 1.71. The number of esters is 1. The van der Waals surface area contributed by atoms with Gasteiger partial charge in [0.1, 0.15) is 0 Å². The van der Waals surface area contributed by atoms with Gasteiger partial charge in [-0.15, -0.1) is 0 Å². The Morgan fingerprint density at radius 1 is 1.28 bits per heavy atom. The molecule has 1 saturated carbocycles. The van der Waals surface area contributed by atoms with Gasteiger partial charge in [0.05, 0.1) is 16.6 Å². The lowest BCUT2D eigenvalue weighted by Gasteiger charge is -2.24. The minimum absolute atomic E-state index is 0.178. The van der Waals surface area contributed by atoms with E-state index in [0.29, 0.717) is 28.1 Å². The van der Waals surface area contributed by atoms with Gasteiger partial charge in [0.2, 0.25) is 0 Å². The predicted octanol–water partition coefficient (Wildman–Crippen LogP) is 2.83. The van der Waals surface area contributed by atoms with E-state index in [1.807, 2.05) is 0 Å². The number of hydrogen-bond acceptors (Lipinski definition) is 6. The van der Waals surface area contributed by atoms with Gasteiger partial charge >= 0.3 is 5.97 Å². The van der Waals surface area contributed by atoms with E-state index in [1.165, 1.54) is 6.42 Å². The maximum Gasteiger partial charge on any atom is 0.339 e. The van der Waals surface area contributed by atoms with Crippen molar-refractivity contribution in [2.24, 2.45) is 0 Å². The first kappa shape index (κ1) is 17.4. The van der Waals surface area contributed by atoms with Crippen molar-refractivity contribution in [3.8, 4) is 0 Å². The first-order valence-corrected chi connectivity index (χ1v) is 8.70. The second kappa shape index (κ2) is 7.21. The van der Waals surface area contributed by atoms with Crippen molar-refractivity contribution in [2.45, 2.75) is 65.0 Å². The number of pyridine rings is 1. The van der Waals surface area contributed by atoms with Crippen LogP contribution in [0.15, 0.2) is 10.6 Å². The number of nitrogens with zero attached hydrogens (tertiary/aromatic N) is 2. The molecule has 7 nitrogen and oxygen atoms in total. The number of carbonyl (C=O) groups is 2. The summed E-state index contributed by atoms with van der Waals surface area (Å²) in [7, 11) is 0. The van der Waals surface area contributed by atoms with Crippen LogP contribution in [-0.2, 0) is 9.53 Å². The van der Waals surface area contributed by atoms with Crippen molar-refractivity contribution in [3.05, 3.63) is 23.0 Å². The zero-order valence-electron chi connectivity index (χ0n) is 14.8. The largest absolute Gasteiger partial charge is 0.449 e. The van der Waals surface area contributed by atoms with E-state index in [4.69, 9.17) is 9.26 Å². The van der Waals surface area contributed by atoms with Crippen LogP contribution in [0.1, 0.15) is 60.8 Å². The molecule has 0 unspecified atom stereocenters. The molecule has 7 heteroatoms. The predicted molar refractivity (Wildman–Crippen MR) is 91.2 cm³/mol. The Bertz CT molecular complexity index is 793. The third kappa shape index (κ3) is 3.81. The van der Waals surface area contributed by atoms with E-state index in [2.05, 4.69) is 15.5 Å². The highest BCUT2D eigenvalue weighted by Crippen LogP contribution is 2.23. The molecule has 0 saturated heterocycles. The molecule has 1 amide bonds. The maximum atomic E-state index is 12.6. The summed E-state index contributed by atoms with van der Waals surface area (Å²) in [6.45, 7) is 5.08. The molecule has 1 aliphatic rings. The fraction of sp³-hybridized carbons (Fsp3) is 0.556. The molecule has 1 fully saturated rings. The standard InChI is InChI=1S/C18H23N3O4/c1-10-9-14(15-11(2)21-25-17(15)19-10)18(23)24-12(3)16(22)20-13-7-5-4-6-8-13/h9,12-13H,4-8H2,1-3H3,(H,20,22)/t12-/m0/s1. The van der Waals surface area contributed by atoms with Gasteiger partial charge in [0.15, 0.2) is 6.10 Å². The van der Waals surface area contributed by atoms with Crippen LogP contribution in [0.2, 0.25) is 0 Å². The van der Waals surface area contributed by atoms with Crippen molar-refractivity contribution in [1.29, 1.82) is 0 Å². The zero-order chi connectivity index (χ0) is 18.0. The molecule has 1 aliphatic carbocycles. The first-order chi connectivity index (χ1) is 12.0. The number of aryl methyl sites for hydroxylation is 2. The molecule has 0 bridgehead atoms. The normalized spacial score (nSPS) is 16.6. The number of nitrogens with one attached hydrogen (secondary N) is 1. The van der Waals surface area contributed by atoms with Gasteiger partial charge in [-0.25, -0.2) is 9.78 Å². The van der Waals surface area contributed by atoms with Gasteiger partial charge < -0.3 is 14.6 Å². The minimum Gasteiger partial charge on any atom is -0.449 e. The van der Waals surface area contributed by atoms with Crippen molar-refractivity contribution in [2.75, 3.05) is 0 Å². The lowest BCUT2D eigenvalue weighted by molar-refractivity contribution is -0.130. The molecule has 3 rings (SSSR count). The monoisotopic (exact) mass is 345 g/mol. The summed E-state index contributed by atoms with van der Waals surface area (Å²) in [4.78, 5) is 29.1. The number of fused-ring (bicyclic) bond motifs is 1. The number of ether oxygens (including phenoxy) is 1. The summed E-state index contributed by atoms with van der Waals surface area (Å²) < 4.78 is 10.5. The molecule has 134 valence electrons. The zero-order valence-corrected chi connectivity index (χ0v) is 14.8. The first-order valence-electron chi connectivity index (χ1n) is 8.70.